The van der Waals surface area contributed by atoms with Crippen molar-refractivity contribution in [2.24, 2.45) is 0 Å². The molecule has 0 aliphatic heterocycles. The van der Waals surface area contributed by atoms with Crippen LogP contribution in [0.5, 0.6) is 5.75 Å². The molecular formula is C16H19N3O2. The van der Waals surface area contributed by atoms with E-state index in [0.717, 1.165) is 25.7 Å². The molecule has 0 heterocycles. The van der Waals surface area contributed by atoms with Crippen molar-refractivity contribution in [2.45, 2.75) is 38.1 Å². The second-order valence-electron chi connectivity index (χ2n) is 5.17. The van der Waals surface area contributed by atoms with Gasteiger partial charge in [-0.1, -0.05) is 25.3 Å². The molecule has 1 aromatic rings. The lowest BCUT2D eigenvalue weighted by Crippen LogP contribution is -2.37. The van der Waals surface area contributed by atoms with E-state index in [1.54, 1.807) is 18.2 Å². The summed E-state index contributed by atoms with van der Waals surface area (Å²) in [5.41, 5.74) is 0.650. The summed E-state index contributed by atoms with van der Waals surface area (Å²) >= 11 is 0. The number of aromatic hydroxyl groups is 1. The molecule has 5 nitrogen and oxygen atoms in total. The Kier molecular flexibility index (Phi) is 5.22. The minimum atomic E-state index is -0.350. The van der Waals surface area contributed by atoms with Crippen LogP contribution in [0.2, 0.25) is 0 Å². The van der Waals surface area contributed by atoms with Crippen LogP contribution in [-0.4, -0.2) is 17.1 Å². The molecule has 0 atom stereocenters. The number of hydrogen-bond acceptors (Lipinski definition) is 4. The van der Waals surface area contributed by atoms with E-state index >= 15 is 0 Å². The SMILES string of the molecule is N#C/C(=C/Nc1cccc(O)c1)C(=O)NC1CCCCC1. The van der Waals surface area contributed by atoms with Gasteiger partial charge in [0.05, 0.1) is 0 Å². The first-order valence-corrected chi connectivity index (χ1v) is 7.16. The van der Waals surface area contributed by atoms with Crippen LogP contribution < -0.4 is 10.6 Å². The van der Waals surface area contributed by atoms with Crippen LogP contribution in [0.25, 0.3) is 0 Å². The van der Waals surface area contributed by atoms with Crippen LogP contribution in [-0.2, 0) is 4.79 Å². The summed E-state index contributed by atoms with van der Waals surface area (Å²) in [6.07, 6.45) is 6.78. The standard InChI is InChI=1S/C16H19N3O2/c17-10-12(11-18-14-7-4-8-15(20)9-14)16(21)19-13-5-2-1-3-6-13/h4,7-9,11,13,18,20H,1-3,5-6H2,(H,19,21)/b12-11-. The van der Waals surface area contributed by atoms with Crippen molar-refractivity contribution in [3.8, 4) is 11.8 Å². The Bertz CT molecular complexity index is 569. The largest absolute Gasteiger partial charge is 0.508 e. The monoisotopic (exact) mass is 285 g/mol. The predicted molar refractivity (Wildman–Crippen MR) is 80.4 cm³/mol. The molecule has 1 aliphatic rings. The number of phenolic OH excluding ortho intramolecular Hbond substituents is 1. The van der Waals surface area contributed by atoms with Crippen LogP contribution in [0.3, 0.4) is 0 Å². The molecule has 21 heavy (non-hydrogen) atoms. The zero-order valence-corrected chi connectivity index (χ0v) is 11.8. The number of carbonyl (C=O) groups is 1. The van der Waals surface area contributed by atoms with Crippen molar-refractivity contribution in [1.29, 1.82) is 5.26 Å². The van der Waals surface area contributed by atoms with Crippen LogP contribution in [0.4, 0.5) is 5.69 Å². The number of nitrogens with one attached hydrogen (secondary N) is 2. The normalized spacial score (nSPS) is 16.0. The zero-order chi connectivity index (χ0) is 15.1. The Morgan fingerprint density at radius 3 is 2.76 bits per heavy atom. The highest BCUT2D eigenvalue weighted by molar-refractivity contribution is 5.97. The number of anilines is 1. The van der Waals surface area contributed by atoms with E-state index in [4.69, 9.17) is 5.26 Å². The minimum absolute atomic E-state index is 0.0314. The number of benzene rings is 1. The third kappa shape index (κ3) is 4.53. The molecule has 0 saturated heterocycles. The van der Waals surface area contributed by atoms with Crippen molar-refractivity contribution >= 4 is 11.6 Å². The van der Waals surface area contributed by atoms with E-state index < -0.39 is 0 Å². The Morgan fingerprint density at radius 1 is 1.33 bits per heavy atom. The van der Waals surface area contributed by atoms with Gasteiger partial charge in [0.15, 0.2) is 0 Å². The number of hydrogen-bond donors (Lipinski definition) is 3. The van der Waals surface area contributed by atoms with E-state index in [-0.39, 0.29) is 23.3 Å². The lowest BCUT2D eigenvalue weighted by molar-refractivity contribution is -0.118. The second kappa shape index (κ2) is 7.34. The van der Waals surface area contributed by atoms with Crippen molar-refractivity contribution in [1.82, 2.24) is 5.32 Å². The maximum absolute atomic E-state index is 12.0. The van der Waals surface area contributed by atoms with Crippen molar-refractivity contribution in [3.05, 3.63) is 36.0 Å². The molecule has 0 spiro atoms. The van der Waals surface area contributed by atoms with Gasteiger partial charge in [-0.15, -0.1) is 0 Å². The fourth-order valence-corrected chi connectivity index (χ4v) is 2.41. The average Bonchev–Trinajstić information content (AvgIpc) is 2.49. The zero-order valence-electron chi connectivity index (χ0n) is 11.8. The second-order valence-corrected chi connectivity index (χ2v) is 5.17. The molecule has 0 radical (unpaired) electrons. The van der Waals surface area contributed by atoms with Crippen molar-refractivity contribution in [3.63, 3.8) is 0 Å². The molecular weight excluding hydrogens is 266 g/mol. The van der Waals surface area contributed by atoms with Gasteiger partial charge in [0.25, 0.3) is 5.91 Å². The van der Waals surface area contributed by atoms with Gasteiger partial charge in [0, 0.05) is 24.0 Å². The quantitative estimate of drug-likeness (QED) is 0.586. The first-order valence-electron chi connectivity index (χ1n) is 7.16. The van der Waals surface area contributed by atoms with Gasteiger partial charge >= 0.3 is 0 Å². The topological polar surface area (TPSA) is 85.2 Å². The maximum atomic E-state index is 12.0. The Morgan fingerprint density at radius 2 is 2.10 bits per heavy atom. The summed E-state index contributed by atoms with van der Waals surface area (Å²) in [4.78, 5) is 12.0. The number of phenols is 1. The molecule has 0 bridgehead atoms. The number of rotatable bonds is 4. The molecule has 1 saturated carbocycles. The summed E-state index contributed by atoms with van der Waals surface area (Å²) in [5, 5.41) is 24.2. The number of amides is 1. The van der Waals surface area contributed by atoms with Crippen molar-refractivity contribution < 1.29 is 9.90 Å². The third-order valence-corrected chi connectivity index (χ3v) is 3.53. The smallest absolute Gasteiger partial charge is 0.263 e. The van der Waals surface area contributed by atoms with Crippen LogP contribution in [0.15, 0.2) is 36.0 Å². The van der Waals surface area contributed by atoms with E-state index in [1.165, 1.54) is 18.7 Å². The van der Waals surface area contributed by atoms with Gasteiger partial charge in [0.2, 0.25) is 0 Å². The van der Waals surface area contributed by atoms with E-state index in [0.29, 0.717) is 5.69 Å². The number of carbonyl (C=O) groups excluding carboxylic acids is 1. The lowest BCUT2D eigenvalue weighted by Gasteiger charge is -2.22. The Hall–Kier alpha value is -2.48. The molecule has 1 fully saturated rings. The first-order chi connectivity index (χ1) is 10.2. The Labute approximate surface area is 124 Å². The van der Waals surface area contributed by atoms with E-state index in [9.17, 15) is 9.90 Å². The van der Waals surface area contributed by atoms with Crippen LogP contribution in [0.1, 0.15) is 32.1 Å². The summed E-state index contributed by atoms with van der Waals surface area (Å²) < 4.78 is 0. The van der Waals surface area contributed by atoms with Crippen LogP contribution in [0, 0.1) is 11.3 Å². The van der Waals surface area contributed by atoms with Gasteiger partial charge in [0.1, 0.15) is 17.4 Å². The number of nitriles is 1. The van der Waals surface area contributed by atoms with Gasteiger partial charge in [-0.2, -0.15) is 5.26 Å². The molecule has 1 aromatic carbocycles. The molecule has 2 rings (SSSR count). The fourth-order valence-electron chi connectivity index (χ4n) is 2.41. The highest BCUT2D eigenvalue weighted by Crippen LogP contribution is 2.18. The molecule has 0 unspecified atom stereocenters. The summed E-state index contributed by atoms with van der Waals surface area (Å²) in [6.45, 7) is 0. The molecule has 5 heteroatoms. The molecule has 1 aliphatic carbocycles. The lowest BCUT2D eigenvalue weighted by atomic mass is 9.95. The number of nitrogens with zero attached hydrogens (tertiary/aromatic N) is 1. The first kappa shape index (κ1) is 14.9. The predicted octanol–water partition coefficient (Wildman–Crippen LogP) is 2.66. The minimum Gasteiger partial charge on any atom is -0.508 e. The third-order valence-electron chi connectivity index (χ3n) is 3.53. The average molecular weight is 285 g/mol. The maximum Gasteiger partial charge on any atom is 0.263 e. The Balaban J connectivity index is 1.96. The highest BCUT2D eigenvalue weighted by atomic mass is 16.3. The fraction of sp³-hybridized carbons (Fsp3) is 0.375. The van der Waals surface area contributed by atoms with Crippen molar-refractivity contribution in [2.75, 3.05) is 5.32 Å². The highest BCUT2D eigenvalue weighted by Gasteiger charge is 2.17. The van der Waals surface area contributed by atoms with Gasteiger partial charge in [-0.3, -0.25) is 4.79 Å². The van der Waals surface area contributed by atoms with E-state index in [1.807, 2.05) is 6.07 Å². The molecule has 1 amide bonds. The van der Waals surface area contributed by atoms with E-state index in [2.05, 4.69) is 10.6 Å². The summed E-state index contributed by atoms with van der Waals surface area (Å²) in [6, 6.07) is 8.56. The molecule has 110 valence electrons. The molecule has 0 aromatic heterocycles. The van der Waals surface area contributed by atoms with Gasteiger partial charge < -0.3 is 15.7 Å². The van der Waals surface area contributed by atoms with Gasteiger partial charge in [-0.25, -0.2) is 0 Å². The summed E-state index contributed by atoms with van der Waals surface area (Å²) in [5.74, 6) is -0.226. The molecule has 3 N–H and O–H groups in total. The van der Waals surface area contributed by atoms with Gasteiger partial charge in [-0.05, 0) is 25.0 Å². The summed E-state index contributed by atoms with van der Waals surface area (Å²) in [7, 11) is 0. The van der Waals surface area contributed by atoms with Crippen LogP contribution >= 0.6 is 0 Å².